The number of methoxy groups -OCH3 is 3. The number of aliphatic hydroxyl groups excluding tert-OH is 3. The quantitative estimate of drug-likeness (QED) is 0.0222. The first-order valence-electron chi connectivity index (χ1n) is 36.1. The Balaban J connectivity index is 0.000000152. The predicted octanol–water partition coefficient (Wildman–Crippen LogP) is 4.68. The Morgan fingerprint density at radius 1 is 0.462 bits per heavy atom. The molecule has 6 aliphatic rings. The highest BCUT2D eigenvalue weighted by molar-refractivity contribution is 8.57. The van der Waals surface area contributed by atoms with E-state index in [4.69, 9.17) is 73.4 Å². The number of benzene rings is 3. The van der Waals surface area contributed by atoms with Gasteiger partial charge < -0.3 is 104 Å². The van der Waals surface area contributed by atoms with E-state index in [-0.39, 0.29) is 106 Å². The first kappa shape index (κ1) is 86.5. The molecular formula is C69H87N18O24P3S3. The van der Waals surface area contributed by atoms with Crippen LogP contribution < -0.4 is 46.7 Å². The van der Waals surface area contributed by atoms with E-state index in [0.29, 0.717) is 0 Å². The average Bonchev–Trinajstić information content (AvgIpc) is 1.60. The number of anilines is 3. The molecule has 3 aromatic carbocycles. The molecule has 42 nitrogen and oxygen atoms in total. The van der Waals surface area contributed by atoms with Crippen LogP contribution in [0.25, 0.3) is 33.5 Å². The molecule has 12 heterocycles. The minimum atomic E-state index is -3.53. The standard InChI is InChI=1S/3C23H29N6O8PS/c3*1-12(13-7-5-4-6-8-13)36-20(31)14-10-39-38(33,28-14)35-9-15-17(30)23(2,32)21(37-15)29-11-25-16-18(29)26-22(24)27-19(16)34-3/h3*4-8,11-12,14-15,17,21,30,32H,9-10H2,1-3H3,(H,28,33)(H2,24,26,27)/t12-,14+,15?,17-,21-,23-,38?;12-,14+,15?,17-,21-,23-,38+;12-,14+,15?,17-,21-,23-,38-/m111/s1. The fourth-order valence-electron chi connectivity index (χ4n) is 13.4. The number of esters is 3. The van der Waals surface area contributed by atoms with Gasteiger partial charge in [0.25, 0.3) is 0 Å². The summed E-state index contributed by atoms with van der Waals surface area (Å²) in [5, 5.41) is 74.2. The van der Waals surface area contributed by atoms with Crippen LogP contribution in [-0.4, -0.2) is 237 Å². The van der Waals surface area contributed by atoms with Crippen molar-refractivity contribution in [3.63, 3.8) is 0 Å². The minimum Gasteiger partial charge on any atom is -0.479 e. The van der Waals surface area contributed by atoms with Crippen molar-refractivity contribution in [3.8, 4) is 17.6 Å². The zero-order valence-corrected chi connectivity index (χ0v) is 69.1. The van der Waals surface area contributed by atoms with Crippen molar-refractivity contribution in [2.45, 2.75) is 150 Å². The molecule has 21 atom stereocenters. The number of nitrogen functional groups attached to an aromatic ring is 3. The van der Waals surface area contributed by atoms with Gasteiger partial charge in [0.05, 0.1) is 60.1 Å². The zero-order valence-electron chi connectivity index (χ0n) is 64.0. The van der Waals surface area contributed by atoms with Crippen LogP contribution in [-0.2, 0) is 70.1 Å². The number of nitrogens with zero attached hydrogens (tertiary/aromatic N) is 12. The molecule has 0 aliphatic carbocycles. The second-order valence-electron chi connectivity index (χ2n) is 28.1. The van der Waals surface area contributed by atoms with Crippen molar-refractivity contribution in [3.05, 3.63) is 127 Å². The van der Waals surface area contributed by atoms with Gasteiger partial charge in [-0.25, -0.2) is 30.2 Å². The van der Waals surface area contributed by atoms with E-state index in [1.807, 2.05) is 91.0 Å². The van der Waals surface area contributed by atoms with E-state index in [1.165, 1.54) is 74.8 Å². The van der Waals surface area contributed by atoms with Crippen molar-refractivity contribution in [1.82, 2.24) is 73.8 Å². The molecule has 9 aromatic rings. The average molecular weight is 1740 g/mol. The number of aromatic nitrogens is 12. The molecule has 0 saturated carbocycles. The van der Waals surface area contributed by atoms with E-state index in [0.717, 1.165) is 50.8 Å². The fourth-order valence-corrected chi connectivity index (χ4v) is 25.0. The molecule has 6 aromatic heterocycles. The van der Waals surface area contributed by atoms with Crippen molar-refractivity contribution < 1.29 is 115 Å². The van der Waals surface area contributed by atoms with Gasteiger partial charge in [-0.15, -0.1) is 0 Å². The first-order valence-corrected chi connectivity index (χ1v) is 45.8. The highest BCUT2D eigenvalue weighted by Gasteiger charge is 2.58. The van der Waals surface area contributed by atoms with Crippen molar-refractivity contribution >= 4 is 124 Å². The molecule has 6 saturated heterocycles. The van der Waals surface area contributed by atoms with Gasteiger partial charge in [-0.3, -0.25) is 41.8 Å². The number of ether oxygens (including phenoxy) is 9. The molecule has 6 aliphatic heterocycles. The number of hydrogen-bond acceptors (Lipinski definition) is 39. The normalized spacial score (nSPS) is 31.4. The maximum atomic E-state index is 13.3. The molecule has 0 spiro atoms. The highest BCUT2D eigenvalue weighted by Crippen LogP contribution is 2.63. The maximum Gasteiger partial charge on any atom is 0.327 e. The molecule has 4 unspecified atom stereocenters. The zero-order chi connectivity index (χ0) is 83.8. The van der Waals surface area contributed by atoms with E-state index < -0.39 is 147 Å². The smallest absolute Gasteiger partial charge is 0.327 e. The molecule has 117 heavy (non-hydrogen) atoms. The summed E-state index contributed by atoms with van der Waals surface area (Å²) in [5.41, 5.74) is 16.0. The van der Waals surface area contributed by atoms with Gasteiger partial charge in [0, 0.05) is 17.3 Å². The number of hydrogen-bond donors (Lipinski definition) is 12. The summed E-state index contributed by atoms with van der Waals surface area (Å²) in [6.07, 6.45) is -8.26. The summed E-state index contributed by atoms with van der Waals surface area (Å²) >= 11 is 2.87. The van der Waals surface area contributed by atoms with Gasteiger partial charge >= 0.3 is 38.1 Å². The Hall–Kier alpha value is -8.34. The third kappa shape index (κ3) is 18.4. The number of nitrogens with one attached hydrogen (secondary N) is 3. The summed E-state index contributed by atoms with van der Waals surface area (Å²) in [6.45, 7) is -2.16. The lowest BCUT2D eigenvalue weighted by Crippen LogP contribution is -2.44. The summed E-state index contributed by atoms with van der Waals surface area (Å²) < 4.78 is 111. The maximum absolute atomic E-state index is 13.3. The van der Waals surface area contributed by atoms with Crippen molar-refractivity contribution in [2.24, 2.45) is 0 Å². The van der Waals surface area contributed by atoms with Crippen LogP contribution in [0.3, 0.4) is 0 Å². The monoisotopic (exact) mass is 1740 g/mol. The number of rotatable bonds is 24. The Morgan fingerprint density at radius 2 is 0.709 bits per heavy atom. The largest absolute Gasteiger partial charge is 0.479 e. The summed E-state index contributed by atoms with van der Waals surface area (Å²) in [4.78, 5) is 75.1. The van der Waals surface area contributed by atoms with E-state index in [1.54, 1.807) is 20.8 Å². The molecule has 0 amide bonds. The second-order valence-corrected chi connectivity index (χ2v) is 41.1. The number of nitrogens with two attached hydrogens (primary N) is 3. The Kier molecular flexibility index (Phi) is 26.0. The van der Waals surface area contributed by atoms with Gasteiger partial charge in [0.1, 0.15) is 89.9 Å². The molecular weight excluding hydrogens is 1650 g/mol. The lowest BCUT2D eigenvalue weighted by molar-refractivity contribution is -0.150. The number of fused-ring (bicyclic) bond motifs is 3. The number of aliphatic hydroxyl groups is 6. The van der Waals surface area contributed by atoms with Gasteiger partial charge in [-0.05, 0) is 58.2 Å². The predicted molar refractivity (Wildman–Crippen MR) is 422 cm³/mol. The van der Waals surface area contributed by atoms with Gasteiger partial charge in [-0.1, -0.05) is 125 Å². The van der Waals surface area contributed by atoms with Crippen LogP contribution in [0, 0.1) is 0 Å². The summed E-state index contributed by atoms with van der Waals surface area (Å²) in [6, 6.07) is 25.3. The molecule has 630 valence electrons. The van der Waals surface area contributed by atoms with Crippen LogP contribution in [0.4, 0.5) is 17.8 Å². The number of carbonyl (C=O) groups is 3. The third-order valence-electron chi connectivity index (χ3n) is 19.8. The molecule has 15 N–H and O–H groups in total. The van der Waals surface area contributed by atoms with Crippen LogP contribution >= 0.6 is 54.3 Å². The lowest BCUT2D eigenvalue weighted by Gasteiger charge is -2.27. The van der Waals surface area contributed by atoms with Crippen molar-refractivity contribution in [2.75, 3.05) is 75.6 Å². The van der Waals surface area contributed by atoms with E-state index in [9.17, 15) is 58.7 Å². The number of imidazole rings is 3. The fraction of sp³-hybridized carbons (Fsp3) is 0.478. The van der Waals surface area contributed by atoms with Gasteiger partial charge in [0.15, 0.2) is 52.2 Å². The van der Waals surface area contributed by atoms with Crippen LogP contribution in [0.5, 0.6) is 17.6 Å². The number of carbonyl (C=O) groups excluding carboxylic acids is 3. The SMILES string of the molecule is COc1nc(N)nc2c1ncn2[C@@H]1OC(COP2(=O)N[C@H](C(=O)O[C@H](C)c3ccccc3)CS2)[C@@H](O)[C@@]1(C)O.COc1nc(N)nc2c1ncn2[C@@H]1OC(CO[P@@]2(=O)N[C@H](C(=O)O[C@H](C)c3ccccc3)CS2)[C@@H](O)[C@@]1(C)O.COc1nc(N)nc2c1ncn2[C@@H]1OC(CO[P@]2(=O)N[C@H](C(=O)O[C@H](C)c3ccccc3)CS2)[C@@H](O)[C@@]1(C)O. The Morgan fingerprint density at radius 3 is 0.949 bits per heavy atom. The lowest BCUT2D eigenvalue weighted by atomic mass is 9.96. The van der Waals surface area contributed by atoms with Gasteiger partial charge in [-0.2, -0.15) is 29.9 Å². The van der Waals surface area contributed by atoms with E-state index >= 15 is 0 Å². The van der Waals surface area contributed by atoms with Crippen LogP contribution in [0.1, 0.15) is 95.2 Å². The summed E-state index contributed by atoms with van der Waals surface area (Å²) in [7, 11) is 4.22. The highest BCUT2D eigenvalue weighted by atomic mass is 32.7. The van der Waals surface area contributed by atoms with Gasteiger partial charge in [0.2, 0.25) is 35.5 Å². The topological polar surface area (TPSA) is 580 Å². The van der Waals surface area contributed by atoms with Crippen LogP contribution in [0.2, 0.25) is 0 Å². The molecule has 15 rings (SSSR count). The Bertz CT molecular complexity index is 4730. The van der Waals surface area contributed by atoms with Crippen LogP contribution in [0.15, 0.2) is 110 Å². The Labute approximate surface area is 678 Å². The summed E-state index contributed by atoms with van der Waals surface area (Å²) in [5.74, 6) is -0.929. The van der Waals surface area contributed by atoms with E-state index in [2.05, 4.69) is 60.1 Å². The molecule has 6 fully saturated rings. The molecule has 0 radical (unpaired) electrons. The van der Waals surface area contributed by atoms with Crippen molar-refractivity contribution in [1.29, 1.82) is 0 Å². The second kappa shape index (κ2) is 35.2. The third-order valence-corrected chi connectivity index (χ3v) is 31.9. The first-order chi connectivity index (χ1) is 55.6. The molecule has 48 heteroatoms. The molecule has 0 bridgehead atoms. The minimum absolute atomic E-state index is 0.0761.